The van der Waals surface area contributed by atoms with Gasteiger partial charge in [0.15, 0.2) is 5.69 Å². The van der Waals surface area contributed by atoms with Crippen LogP contribution in [0.4, 0.5) is 11.4 Å². The molecule has 4 rings (SSSR count). The molecule has 0 amide bonds. The van der Waals surface area contributed by atoms with Crippen LogP contribution in [0, 0.1) is 0 Å². The van der Waals surface area contributed by atoms with E-state index in [0.717, 1.165) is 15.5 Å². The summed E-state index contributed by atoms with van der Waals surface area (Å²) < 4.78 is 1.14. The Labute approximate surface area is 182 Å². The number of fused-ring (bicyclic) bond motifs is 1. The largest absolute Gasteiger partial charge is 0.476 e. The second-order valence-corrected chi connectivity index (χ2v) is 7.34. The highest BCUT2D eigenvalue weighted by atomic mass is 35.5. The summed E-state index contributed by atoms with van der Waals surface area (Å²) >= 11 is 6.31. The Balaban J connectivity index is 1.94. The molecule has 0 atom stereocenters. The van der Waals surface area contributed by atoms with Crippen molar-refractivity contribution in [1.29, 1.82) is 0 Å². The fourth-order valence-corrected chi connectivity index (χ4v) is 3.68. The van der Waals surface area contributed by atoms with Crippen LogP contribution < -0.4 is 10.9 Å². The van der Waals surface area contributed by atoms with Crippen molar-refractivity contribution in [2.75, 3.05) is 5.32 Å². The molecule has 2 aromatic carbocycles. The minimum Gasteiger partial charge on any atom is -0.476 e. The number of nitrogens with zero attached hydrogens (tertiary/aromatic N) is 3. The summed E-state index contributed by atoms with van der Waals surface area (Å²) in [7, 11) is 0. The first kappa shape index (κ1) is 20.6. The predicted molar refractivity (Wildman–Crippen MR) is 120 cm³/mol. The van der Waals surface area contributed by atoms with Crippen molar-refractivity contribution in [3.8, 4) is 0 Å². The van der Waals surface area contributed by atoms with Crippen LogP contribution in [0.25, 0.3) is 10.8 Å². The zero-order valence-corrected chi connectivity index (χ0v) is 17.4. The van der Waals surface area contributed by atoms with E-state index < -0.39 is 11.5 Å². The molecular weight excluding hydrogens is 416 g/mol. The van der Waals surface area contributed by atoms with Gasteiger partial charge in [0.05, 0.1) is 11.9 Å². The minimum absolute atomic E-state index is 0.134. The van der Waals surface area contributed by atoms with Crippen molar-refractivity contribution >= 4 is 39.7 Å². The number of aromatic nitrogens is 3. The van der Waals surface area contributed by atoms with Gasteiger partial charge in [-0.05, 0) is 18.6 Å². The van der Waals surface area contributed by atoms with Crippen LogP contribution in [0.5, 0.6) is 0 Å². The Morgan fingerprint density at radius 3 is 2.61 bits per heavy atom. The third kappa shape index (κ3) is 4.00. The molecule has 0 aliphatic rings. The molecule has 2 heterocycles. The number of hydrogen-bond donors (Lipinski definition) is 2. The Kier molecular flexibility index (Phi) is 5.68. The average molecular weight is 435 g/mol. The van der Waals surface area contributed by atoms with E-state index in [2.05, 4.69) is 15.4 Å². The quantitative estimate of drug-likeness (QED) is 0.464. The molecule has 2 N–H and O–H groups in total. The van der Waals surface area contributed by atoms with E-state index in [1.54, 1.807) is 37.5 Å². The molecule has 7 nitrogen and oxygen atoms in total. The number of carbonyl (C=O) groups is 1. The lowest BCUT2D eigenvalue weighted by Crippen LogP contribution is -2.29. The van der Waals surface area contributed by atoms with Crippen LogP contribution in [0.3, 0.4) is 0 Å². The van der Waals surface area contributed by atoms with Gasteiger partial charge in [0.2, 0.25) is 0 Å². The summed E-state index contributed by atoms with van der Waals surface area (Å²) in [6.07, 6.45) is 3.47. The summed E-state index contributed by atoms with van der Waals surface area (Å²) in [5.41, 5.74) is 1.09. The highest BCUT2D eigenvalue weighted by molar-refractivity contribution is 6.31. The van der Waals surface area contributed by atoms with Crippen molar-refractivity contribution in [3.05, 3.63) is 93.1 Å². The van der Waals surface area contributed by atoms with Crippen molar-refractivity contribution in [3.63, 3.8) is 0 Å². The molecule has 0 saturated carbocycles. The number of pyridine rings is 1. The van der Waals surface area contributed by atoms with E-state index >= 15 is 0 Å². The number of carboxylic acids is 1. The lowest BCUT2D eigenvalue weighted by Gasteiger charge is -2.17. The predicted octanol–water partition coefficient (Wildman–Crippen LogP) is 4.50. The van der Waals surface area contributed by atoms with Gasteiger partial charge in [-0.2, -0.15) is 5.10 Å². The molecule has 0 fully saturated rings. The zero-order valence-electron chi connectivity index (χ0n) is 16.7. The van der Waals surface area contributed by atoms with Gasteiger partial charge in [-0.15, -0.1) is 0 Å². The van der Waals surface area contributed by atoms with Gasteiger partial charge >= 0.3 is 5.97 Å². The summed E-state index contributed by atoms with van der Waals surface area (Å²) in [5, 5.41) is 19.3. The first-order chi connectivity index (χ1) is 15.0. The Morgan fingerprint density at radius 1 is 1.13 bits per heavy atom. The fourth-order valence-electron chi connectivity index (χ4n) is 3.47. The lowest BCUT2D eigenvalue weighted by atomic mass is 10.0. The number of halogens is 1. The second kappa shape index (κ2) is 8.57. The normalized spacial score (nSPS) is 10.9. The lowest BCUT2D eigenvalue weighted by molar-refractivity contribution is 0.0686. The van der Waals surface area contributed by atoms with Gasteiger partial charge < -0.3 is 10.4 Å². The minimum atomic E-state index is -1.22. The molecule has 0 aliphatic carbocycles. The SMILES string of the molecule is CCn1nc(C(=O)O)c(Cc2ccccc2Cl)c(Nc2cncc3ccccc23)c1=O. The van der Waals surface area contributed by atoms with Gasteiger partial charge in [-0.3, -0.25) is 9.78 Å². The standard InChI is InChI=1S/C23H19ClN4O3/c1-2-28-22(29)20(26-19-13-25-12-15-8-3-5-9-16(15)19)17(21(27-28)23(30)31)11-14-7-4-6-10-18(14)24/h3-10,12-13,26H,2,11H2,1H3,(H,30,31). The number of rotatable bonds is 6. The van der Waals surface area contributed by atoms with Crippen LogP contribution in [-0.2, 0) is 13.0 Å². The molecule has 8 heteroatoms. The highest BCUT2D eigenvalue weighted by Gasteiger charge is 2.23. The van der Waals surface area contributed by atoms with Crippen molar-refractivity contribution < 1.29 is 9.90 Å². The first-order valence-corrected chi connectivity index (χ1v) is 10.1. The third-order valence-electron chi connectivity index (χ3n) is 5.01. The monoisotopic (exact) mass is 434 g/mol. The molecule has 4 aromatic rings. The Hall–Kier alpha value is -3.71. The first-order valence-electron chi connectivity index (χ1n) is 9.70. The van der Waals surface area contributed by atoms with E-state index in [0.29, 0.717) is 16.3 Å². The zero-order chi connectivity index (χ0) is 22.0. The molecule has 0 bridgehead atoms. The average Bonchev–Trinajstić information content (AvgIpc) is 2.77. The number of benzene rings is 2. The smallest absolute Gasteiger partial charge is 0.356 e. The van der Waals surface area contributed by atoms with Crippen LogP contribution in [0.15, 0.2) is 65.7 Å². The Bertz CT molecular complexity index is 1350. The maximum atomic E-state index is 13.2. The van der Waals surface area contributed by atoms with Gasteiger partial charge in [0, 0.05) is 40.5 Å². The molecule has 0 aliphatic heterocycles. The van der Waals surface area contributed by atoms with Crippen LogP contribution in [-0.4, -0.2) is 25.8 Å². The summed E-state index contributed by atoms with van der Waals surface area (Å²) in [4.78, 5) is 29.5. The maximum absolute atomic E-state index is 13.2. The van der Waals surface area contributed by atoms with Crippen LogP contribution in [0.1, 0.15) is 28.5 Å². The molecule has 2 aromatic heterocycles. The van der Waals surface area contributed by atoms with Crippen molar-refractivity contribution in [2.24, 2.45) is 0 Å². The summed E-state index contributed by atoms with van der Waals surface area (Å²) in [6.45, 7) is 1.96. The molecule has 0 unspecified atom stereocenters. The summed E-state index contributed by atoms with van der Waals surface area (Å²) in [6, 6.07) is 14.7. The molecule has 0 saturated heterocycles. The summed E-state index contributed by atoms with van der Waals surface area (Å²) in [5.74, 6) is -1.22. The van der Waals surface area contributed by atoms with E-state index in [-0.39, 0.29) is 29.9 Å². The number of hydrogen-bond acceptors (Lipinski definition) is 5. The van der Waals surface area contributed by atoms with Gasteiger partial charge in [0.1, 0.15) is 5.69 Å². The fraction of sp³-hybridized carbons (Fsp3) is 0.130. The number of aromatic carboxylic acids is 1. The van der Waals surface area contributed by atoms with Crippen molar-refractivity contribution in [1.82, 2.24) is 14.8 Å². The maximum Gasteiger partial charge on any atom is 0.356 e. The number of carboxylic acid groups (broad SMARTS) is 1. The topological polar surface area (TPSA) is 97.1 Å². The van der Waals surface area contributed by atoms with E-state index in [1.165, 1.54) is 0 Å². The van der Waals surface area contributed by atoms with Crippen LogP contribution in [0.2, 0.25) is 5.02 Å². The van der Waals surface area contributed by atoms with Crippen molar-refractivity contribution in [2.45, 2.75) is 19.9 Å². The van der Waals surface area contributed by atoms with Gasteiger partial charge in [0.25, 0.3) is 5.56 Å². The second-order valence-electron chi connectivity index (χ2n) is 6.93. The van der Waals surface area contributed by atoms with E-state index in [9.17, 15) is 14.7 Å². The van der Waals surface area contributed by atoms with Gasteiger partial charge in [-0.25, -0.2) is 9.48 Å². The molecule has 31 heavy (non-hydrogen) atoms. The molecule has 0 radical (unpaired) electrons. The highest BCUT2D eigenvalue weighted by Crippen LogP contribution is 2.29. The van der Waals surface area contributed by atoms with Gasteiger partial charge in [-0.1, -0.05) is 54.1 Å². The Morgan fingerprint density at radius 2 is 1.87 bits per heavy atom. The van der Waals surface area contributed by atoms with E-state index in [1.807, 2.05) is 30.3 Å². The molecule has 156 valence electrons. The van der Waals surface area contributed by atoms with E-state index in [4.69, 9.17) is 11.6 Å². The molecule has 0 spiro atoms. The third-order valence-corrected chi connectivity index (χ3v) is 5.38. The molecular formula is C23H19ClN4O3. The number of anilines is 2. The van der Waals surface area contributed by atoms with Crippen LogP contribution >= 0.6 is 11.6 Å². The number of nitrogens with one attached hydrogen (secondary N) is 1. The number of aryl methyl sites for hydroxylation is 1.